The van der Waals surface area contributed by atoms with E-state index in [2.05, 4.69) is 31.9 Å². The van der Waals surface area contributed by atoms with Gasteiger partial charge in [0, 0.05) is 19.3 Å². The van der Waals surface area contributed by atoms with Crippen LogP contribution in [-0.4, -0.2) is 61.9 Å². The van der Waals surface area contributed by atoms with Crippen LogP contribution in [0, 0.1) is 18.3 Å². The first-order valence-corrected chi connectivity index (χ1v) is 11.8. The predicted octanol–water partition coefficient (Wildman–Crippen LogP) is 0.454. The van der Waals surface area contributed by atoms with Crippen LogP contribution in [0.15, 0.2) is 30.3 Å². The van der Waals surface area contributed by atoms with E-state index in [1.165, 1.54) is 7.11 Å². The number of unbranched alkanes of at least 4 members (excludes halogenated alkanes) is 1. The molecule has 0 saturated carbocycles. The van der Waals surface area contributed by atoms with Crippen LogP contribution in [-0.2, 0) is 35.1 Å². The summed E-state index contributed by atoms with van der Waals surface area (Å²) < 4.78 is 4.53. The van der Waals surface area contributed by atoms with Gasteiger partial charge in [0.2, 0.25) is 23.6 Å². The summed E-state index contributed by atoms with van der Waals surface area (Å²) >= 11 is 0. The van der Waals surface area contributed by atoms with Gasteiger partial charge in [0.15, 0.2) is 0 Å². The van der Waals surface area contributed by atoms with Gasteiger partial charge in [-0.05, 0) is 24.3 Å². The molecule has 0 fully saturated rings. The van der Waals surface area contributed by atoms with E-state index in [1.807, 2.05) is 44.2 Å². The third kappa shape index (κ3) is 12.6. The summed E-state index contributed by atoms with van der Waals surface area (Å²) in [6, 6.07) is 7.16. The van der Waals surface area contributed by atoms with Gasteiger partial charge in [-0.3, -0.25) is 24.0 Å². The highest BCUT2D eigenvalue weighted by molar-refractivity contribution is 5.94. The average Bonchev–Trinajstić information content (AvgIpc) is 2.85. The number of methoxy groups -OCH3 is 1. The van der Waals surface area contributed by atoms with Gasteiger partial charge in [0.05, 0.1) is 13.7 Å². The Morgan fingerprint density at radius 2 is 1.61 bits per heavy atom. The summed E-state index contributed by atoms with van der Waals surface area (Å²) in [4.78, 5) is 61.6. The lowest BCUT2D eigenvalue weighted by atomic mass is 10.0. The SMILES string of the molecule is C#CCCCC(=O)NCC(=O)NC(Cc1ccccc1)C(=O)NC(CC(C)C)C(=O)NCC(=O)OC. The summed E-state index contributed by atoms with van der Waals surface area (Å²) in [5.74, 6) is -0.0743. The van der Waals surface area contributed by atoms with Gasteiger partial charge in [-0.25, -0.2) is 0 Å². The monoisotopic (exact) mass is 500 g/mol. The van der Waals surface area contributed by atoms with Gasteiger partial charge in [-0.1, -0.05) is 44.2 Å². The maximum Gasteiger partial charge on any atom is 0.325 e. The highest BCUT2D eigenvalue weighted by atomic mass is 16.5. The minimum absolute atomic E-state index is 0.0611. The second kappa shape index (κ2) is 16.7. The summed E-state index contributed by atoms with van der Waals surface area (Å²) in [7, 11) is 1.21. The lowest BCUT2D eigenvalue weighted by Gasteiger charge is -2.24. The van der Waals surface area contributed by atoms with Gasteiger partial charge in [-0.15, -0.1) is 12.3 Å². The lowest BCUT2D eigenvalue weighted by Crippen LogP contribution is -2.56. The number of nitrogens with one attached hydrogen (secondary N) is 4. The van der Waals surface area contributed by atoms with Crippen molar-refractivity contribution in [3.05, 3.63) is 35.9 Å². The zero-order valence-corrected chi connectivity index (χ0v) is 21.1. The fraction of sp³-hybridized carbons (Fsp3) is 0.500. The first-order valence-electron chi connectivity index (χ1n) is 11.8. The molecular formula is C26H36N4O6. The molecule has 0 saturated heterocycles. The highest BCUT2D eigenvalue weighted by Gasteiger charge is 2.28. The number of terminal acetylenes is 1. The molecular weight excluding hydrogens is 464 g/mol. The molecule has 0 heterocycles. The summed E-state index contributed by atoms with van der Waals surface area (Å²) in [6.07, 6.45) is 6.83. The Balaban J connectivity index is 2.89. The first-order chi connectivity index (χ1) is 17.2. The molecule has 10 heteroatoms. The van der Waals surface area contributed by atoms with E-state index in [0.29, 0.717) is 19.3 Å². The Hall–Kier alpha value is -3.87. The maximum absolute atomic E-state index is 13.2. The molecule has 10 nitrogen and oxygen atoms in total. The molecule has 36 heavy (non-hydrogen) atoms. The van der Waals surface area contributed by atoms with E-state index >= 15 is 0 Å². The number of benzene rings is 1. The smallest absolute Gasteiger partial charge is 0.325 e. The largest absolute Gasteiger partial charge is 0.468 e. The van der Waals surface area contributed by atoms with Gasteiger partial charge in [0.25, 0.3) is 0 Å². The first kappa shape index (κ1) is 30.2. The van der Waals surface area contributed by atoms with Gasteiger partial charge in [-0.2, -0.15) is 0 Å². The number of amides is 4. The number of hydrogen-bond acceptors (Lipinski definition) is 6. The Morgan fingerprint density at radius 1 is 0.917 bits per heavy atom. The second-order valence-corrected chi connectivity index (χ2v) is 8.63. The normalized spacial score (nSPS) is 12.0. The fourth-order valence-corrected chi connectivity index (χ4v) is 3.25. The average molecular weight is 501 g/mol. The number of ether oxygens (including phenoxy) is 1. The zero-order valence-electron chi connectivity index (χ0n) is 21.1. The van der Waals surface area contributed by atoms with E-state index < -0.39 is 35.8 Å². The van der Waals surface area contributed by atoms with Gasteiger partial charge >= 0.3 is 5.97 Å². The van der Waals surface area contributed by atoms with Crippen molar-refractivity contribution in [3.63, 3.8) is 0 Å². The van der Waals surface area contributed by atoms with E-state index in [-0.39, 0.29) is 37.8 Å². The van der Waals surface area contributed by atoms with E-state index in [1.54, 1.807) is 0 Å². The number of hydrogen-bond donors (Lipinski definition) is 4. The Bertz CT molecular complexity index is 926. The van der Waals surface area contributed by atoms with Crippen LogP contribution in [0.4, 0.5) is 0 Å². The minimum atomic E-state index is -0.999. The third-order valence-corrected chi connectivity index (χ3v) is 5.08. The molecule has 0 bridgehead atoms. The van der Waals surface area contributed by atoms with Crippen molar-refractivity contribution in [2.75, 3.05) is 20.2 Å². The molecule has 0 aliphatic rings. The molecule has 1 rings (SSSR count). The summed E-state index contributed by atoms with van der Waals surface area (Å²) in [5, 5.41) is 10.3. The van der Waals surface area contributed by atoms with Gasteiger partial charge < -0.3 is 26.0 Å². The summed E-state index contributed by atoms with van der Waals surface area (Å²) in [5.41, 5.74) is 0.798. The molecule has 4 N–H and O–H groups in total. The predicted molar refractivity (Wildman–Crippen MR) is 134 cm³/mol. The molecule has 4 amide bonds. The van der Waals surface area contributed by atoms with Crippen LogP contribution < -0.4 is 21.3 Å². The van der Waals surface area contributed by atoms with E-state index in [9.17, 15) is 24.0 Å². The Labute approximate surface area is 212 Å². The quantitative estimate of drug-likeness (QED) is 0.157. The van der Waals surface area contributed by atoms with Crippen LogP contribution in [0.2, 0.25) is 0 Å². The Morgan fingerprint density at radius 3 is 2.22 bits per heavy atom. The molecule has 2 unspecified atom stereocenters. The van der Waals surface area contributed by atoms with E-state index in [4.69, 9.17) is 6.42 Å². The topological polar surface area (TPSA) is 143 Å². The zero-order chi connectivity index (χ0) is 26.9. The van der Waals surface area contributed by atoms with Crippen LogP contribution >= 0.6 is 0 Å². The molecule has 0 aliphatic heterocycles. The van der Waals surface area contributed by atoms with Crippen molar-refractivity contribution >= 4 is 29.6 Å². The fourth-order valence-electron chi connectivity index (χ4n) is 3.25. The summed E-state index contributed by atoms with van der Waals surface area (Å²) in [6.45, 7) is 3.15. The second-order valence-electron chi connectivity index (χ2n) is 8.63. The molecule has 0 aliphatic carbocycles. The molecule has 1 aromatic carbocycles. The number of carbonyl (C=O) groups is 5. The minimum Gasteiger partial charge on any atom is -0.468 e. The number of esters is 1. The molecule has 2 atom stereocenters. The van der Waals surface area contributed by atoms with Crippen LogP contribution in [0.5, 0.6) is 0 Å². The van der Waals surface area contributed by atoms with Gasteiger partial charge in [0.1, 0.15) is 18.6 Å². The van der Waals surface area contributed by atoms with E-state index in [0.717, 1.165) is 5.56 Å². The van der Waals surface area contributed by atoms with Crippen molar-refractivity contribution < 1.29 is 28.7 Å². The standard InChI is InChI=1S/C26H36N4O6/c1-5-6-8-13-22(31)27-16-23(32)29-21(15-19-11-9-7-10-12-19)26(35)30-20(14-18(2)3)25(34)28-17-24(33)36-4/h1,7,9-12,18,20-21H,6,8,13-17H2,2-4H3,(H,27,31)(H,28,34)(H,29,32)(H,30,35). The maximum atomic E-state index is 13.2. The molecule has 196 valence electrons. The highest BCUT2D eigenvalue weighted by Crippen LogP contribution is 2.08. The van der Waals surface area contributed by atoms with Crippen LogP contribution in [0.3, 0.4) is 0 Å². The number of carbonyl (C=O) groups excluding carboxylic acids is 5. The lowest BCUT2D eigenvalue weighted by molar-refractivity contribution is -0.141. The molecule has 0 radical (unpaired) electrons. The third-order valence-electron chi connectivity index (χ3n) is 5.08. The van der Waals surface area contributed by atoms with Crippen molar-refractivity contribution in [1.82, 2.24) is 21.3 Å². The molecule has 0 aromatic heterocycles. The van der Waals surface area contributed by atoms with Crippen molar-refractivity contribution in [3.8, 4) is 12.3 Å². The van der Waals surface area contributed by atoms with Crippen LogP contribution in [0.25, 0.3) is 0 Å². The Kier molecular flexibility index (Phi) is 14.0. The number of rotatable bonds is 15. The van der Waals surface area contributed by atoms with Crippen molar-refractivity contribution in [2.45, 2.75) is 58.0 Å². The van der Waals surface area contributed by atoms with Crippen molar-refractivity contribution in [1.29, 1.82) is 0 Å². The molecule has 0 spiro atoms. The molecule has 1 aromatic rings. The van der Waals surface area contributed by atoms with Crippen molar-refractivity contribution in [2.24, 2.45) is 5.92 Å². The van der Waals surface area contributed by atoms with Crippen LogP contribution in [0.1, 0.15) is 45.1 Å².